The minimum atomic E-state index is -0.158. The van der Waals surface area contributed by atoms with Gasteiger partial charge in [0.15, 0.2) is 0 Å². The minimum absolute atomic E-state index is 0.0310. The Morgan fingerprint density at radius 2 is 2.14 bits per heavy atom. The number of benzene rings is 1. The van der Waals surface area contributed by atoms with E-state index in [1.165, 1.54) is 0 Å². The number of H-pyrrole nitrogens is 1. The first-order chi connectivity index (χ1) is 10.1. The molecule has 0 aliphatic carbocycles. The predicted molar refractivity (Wildman–Crippen MR) is 80.9 cm³/mol. The van der Waals surface area contributed by atoms with Crippen LogP contribution in [-0.4, -0.2) is 53.3 Å². The van der Waals surface area contributed by atoms with Crippen LogP contribution in [-0.2, 0) is 4.79 Å². The van der Waals surface area contributed by atoms with E-state index in [0.29, 0.717) is 24.5 Å². The first-order valence-electron chi connectivity index (χ1n) is 6.96. The number of aromatic nitrogens is 1. The van der Waals surface area contributed by atoms with Gasteiger partial charge in [0, 0.05) is 25.5 Å². The smallest absolute Gasteiger partial charge is 0.270 e. The molecule has 0 radical (unpaired) electrons. The van der Waals surface area contributed by atoms with Gasteiger partial charge in [-0.05, 0) is 18.6 Å². The van der Waals surface area contributed by atoms with Gasteiger partial charge < -0.3 is 20.5 Å². The lowest BCUT2D eigenvalue weighted by Gasteiger charge is -2.18. The summed E-state index contributed by atoms with van der Waals surface area (Å²) in [6.45, 7) is 1.39. The van der Waals surface area contributed by atoms with Gasteiger partial charge in [-0.25, -0.2) is 0 Å². The van der Waals surface area contributed by atoms with Crippen molar-refractivity contribution in [2.75, 3.05) is 32.4 Å². The Morgan fingerprint density at radius 3 is 2.90 bits per heavy atom. The number of carbonyl (C=O) groups excluding carboxylic acids is 2. The minimum Gasteiger partial charge on any atom is -0.397 e. The van der Waals surface area contributed by atoms with Crippen LogP contribution in [0.1, 0.15) is 16.9 Å². The zero-order valence-corrected chi connectivity index (χ0v) is 11.9. The fraction of sp³-hybridized carbons (Fsp3) is 0.333. The molecule has 21 heavy (non-hydrogen) atoms. The van der Waals surface area contributed by atoms with Crippen molar-refractivity contribution >= 4 is 28.4 Å². The van der Waals surface area contributed by atoms with E-state index in [1.54, 1.807) is 29.0 Å². The summed E-state index contributed by atoms with van der Waals surface area (Å²) in [4.78, 5) is 30.8. The van der Waals surface area contributed by atoms with Crippen LogP contribution in [0.4, 0.5) is 5.69 Å². The largest absolute Gasteiger partial charge is 0.397 e. The van der Waals surface area contributed by atoms with Crippen molar-refractivity contribution in [3.05, 3.63) is 30.0 Å². The number of para-hydroxylation sites is 1. The summed E-state index contributed by atoms with van der Waals surface area (Å²) in [5.41, 5.74) is 7.74. The monoisotopic (exact) mass is 286 g/mol. The highest BCUT2D eigenvalue weighted by molar-refractivity contribution is 6.01. The number of nitrogens with one attached hydrogen (secondary N) is 1. The third-order valence-electron chi connectivity index (χ3n) is 3.88. The van der Waals surface area contributed by atoms with E-state index in [0.717, 1.165) is 17.3 Å². The van der Waals surface area contributed by atoms with Gasteiger partial charge in [-0.15, -0.1) is 0 Å². The summed E-state index contributed by atoms with van der Waals surface area (Å²) < 4.78 is 0. The molecule has 0 atom stereocenters. The number of carbonyl (C=O) groups is 2. The van der Waals surface area contributed by atoms with Crippen molar-refractivity contribution in [1.82, 2.24) is 14.8 Å². The third-order valence-corrected chi connectivity index (χ3v) is 3.88. The number of amides is 2. The van der Waals surface area contributed by atoms with Gasteiger partial charge in [0.05, 0.1) is 11.2 Å². The first-order valence-corrected chi connectivity index (χ1v) is 6.96. The Bertz CT molecular complexity index is 707. The number of hydrogen-bond acceptors (Lipinski definition) is 3. The molecular formula is C15H18N4O2. The van der Waals surface area contributed by atoms with E-state index in [2.05, 4.69) is 4.98 Å². The van der Waals surface area contributed by atoms with E-state index in [-0.39, 0.29) is 18.4 Å². The second kappa shape index (κ2) is 5.12. The van der Waals surface area contributed by atoms with Crippen LogP contribution in [0.15, 0.2) is 24.3 Å². The molecule has 1 fully saturated rings. The average molecular weight is 286 g/mol. The van der Waals surface area contributed by atoms with Crippen LogP contribution in [0.25, 0.3) is 10.9 Å². The maximum absolute atomic E-state index is 12.6. The fourth-order valence-corrected chi connectivity index (χ4v) is 2.63. The van der Waals surface area contributed by atoms with Crippen LogP contribution >= 0.6 is 0 Å². The molecular weight excluding hydrogens is 268 g/mol. The van der Waals surface area contributed by atoms with Crippen molar-refractivity contribution in [2.24, 2.45) is 0 Å². The second-order valence-electron chi connectivity index (χ2n) is 5.39. The Labute approximate surface area is 122 Å². The molecule has 1 aliphatic rings. The fourth-order valence-electron chi connectivity index (χ4n) is 2.63. The molecule has 2 amide bonds. The zero-order chi connectivity index (χ0) is 15.0. The van der Waals surface area contributed by atoms with E-state index in [9.17, 15) is 9.59 Å². The van der Waals surface area contributed by atoms with Crippen LogP contribution in [0, 0.1) is 0 Å². The molecule has 1 aromatic carbocycles. The van der Waals surface area contributed by atoms with E-state index in [1.807, 2.05) is 12.1 Å². The lowest BCUT2D eigenvalue weighted by atomic mass is 10.2. The highest BCUT2D eigenvalue weighted by atomic mass is 16.2. The SMILES string of the molecule is CN1CCCN(C(=O)c2cc3cccc(N)c3[nH]2)CC1=O. The molecule has 0 saturated carbocycles. The van der Waals surface area contributed by atoms with E-state index >= 15 is 0 Å². The van der Waals surface area contributed by atoms with Crippen LogP contribution in [0.3, 0.4) is 0 Å². The number of nitrogens with zero attached hydrogens (tertiary/aromatic N) is 2. The maximum Gasteiger partial charge on any atom is 0.270 e. The van der Waals surface area contributed by atoms with Gasteiger partial charge in [-0.1, -0.05) is 12.1 Å². The van der Waals surface area contributed by atoms with Gasteiger partial charge in [0.25, 0.3) is 5.91 Å². The van der Waals surface area contributed by atoms with Gasteiger partial charge in [-0.3, -0.25) is 9.59 Å². The number of nitrogens with two attached hydrogens (primary N) is 1. The quantitative estimate of drug-likeness (QED) is 0.769. The summed E-state index contributed by atoms with van der Waals surface area (Å²) >= 11 is 0. The Kier molecular flexibility index (Phi) is 3.29. The number of anilines is 1. The Morgan fingerprint density at radius 1 is 1.33 bits per heavy atom. The number of likely N-dealkylation sites (N-methyl/N-ethyl adjacent to an activating group) is 1. The van der Waals surface area contributed by atoms with Gasteiger partial charge in [0.2, 0.25) is 5.91 Å². The number of nitrogen functional groups attached to an aromatic ring is 1. The van der Waals surface area contributed by atoms with Crippen LogP contribution < -0.4 is 5.73 Å². The summed E-state index contributed by atoms with van der Waals surface area (Å²) in [5, 5.41) is 0.900. The maximum atomic E-state index is 12.6. The topological polar surface area (TPSA) is 82.4 Å². The number of hydrogen-bond donors (Lipinski definition) is 2. The first kappa shape index (κ1) is 13.5. The third kappa shape index (κ3) is 2.44. The molecule has 0 unspecified atom stereocenters. The molecule has 0 spiro atoms. The van der Waals surface area contributed by atoms with Gasteiger partial charge >= 0.3 is 0 Å². The predicted octanol–water partition coefficient (Wildman–Crippen LogP) is 1.05. The van der Waals surface area contributed by atoms with Crippen molar-refractivity contribution in [2.45, 2.75) is 6.42 Å². The normalized spacial score (nSPS) is 16.3. The summed E-state index contributed by atoms with van der Waals surface area (Å²) in [6.07, 6.45) is 0.788. The van der Waals surface area contributed by atoms with E-state index < -0.39 is 0 Å². The molecule has 1 aromatic heterocycles. The van der Waals surface area contributed by atoms with Crippen molar-refractivity contribution in [3.63, 3.8) is 0 Å². The highest BCUT2D eigenvalue weighted by Crippen LogP contribution is 2.22. The van der Waals surface area contributed by atoms with Crippen molar-refractivity contribution < 1.29 is 9.59 Å². The Balaban J connectivity index is 1.89. The molecule has 3 rings (SSSR count). The highest BCUT2D eigenvalue weighted by Gasteiger charge is 2.24. The summed E-state index contributed by atoms with van der Waals surface area (Å²) in [6, 6.07) is 7.33. The standard InChI is InChI=1S/C15H18N4O2/c1-18-6-3-7-19(9-13(18)20)15(21)12-8-10-4-2-5-11(16)14(10)17-12/h2,4-5,8,17H,3,6-7,9,16H2,1H3. The lowest BCUT2D eigenvalue weighted by Crippen LogP contribution is -2.38. The number of aromatic amines is 1. The molecule has 2 aromatic rings. The molecule has 0 bridgehead atoms. The Hall–Kier alpha value is -2.50. The second-order valence-corrected chi connectivity index (χ2v) is 5.39. The number of fused-ring (bicyclic) bond motifs is 1. The molecule has 1 saturated heterocycles. The summed E-state index contributed by atoms with van der Waals surface area (Å²) in [5.74, 6) is -0.189. The van der Waals surface area contributed by atoms with Crippen molar-refractivity contribution in [3.8, 4) is 0 Å². The summed E-state index contributed by atoms with van der Waals surface area (Å²) in [7, 11) is 1.76. The lowest BCUT2D eigenvalue weighted by molar-refractivity contribution is -0.129. The van der Waals surface area contributed by atoms with Crippen LogP contribution in [0.2, 0.25) is 0 Å². The zero-order valence-electron chi connectivity index (χ0n) is 11.9. The molecule has 110 valence electrons. The molecule has 2 heterocycles. The van der Waals surface area contributed by atoms with Crippen molar-refractivity contribution in [1.29, 1.82) is 0 Å². The molecule has 6 heteroatoms. The number of rotatable bonds is 1. The molecule has 6 nitrogen and oxygen atoms in total. The van der Waals surface area contributed by atoms with Gasteiger partial charge in [0.1, 0.15) is 12.2 Å². The van der Waals surface area contributed by atoms with E-state index in [4.69, 9.17) is 5.73 Å². The molecule has 1 aliphatic heterocycles. The molecule has 3 N–H and O–H groups in total. The average Bonchev–Trinajstić information content (AvgIpc) is 2.83. The van der Waals surface area contributed by atoms with Gasteiger partial charge in [-0.2, -0.15) is 0 Å². The van der Waals surface area contributed by atoms with Crippen LogP contribution in [0.5, 0.6) is 0 Å².